The van der Waals surface area contributed by atoms with Crippen LogP contribution in [0, 0.1) is 19.7 Å². The first-order valence-electron chi connectivity index (χ1n) is 10.8. The maximum Gasteiger partial charge on any atom is 0.416 e. The van der Waals surface area contributed by atoms with Gasteiger partial charge in [-0.2, -0.15) is 23.4 Å². The van der Waals surface area contributed by atoms with Crippen molar-refractivity contribution in [2.45, 2.75) is 20.0 Å². The second-order valence-electron chi connectivity index (χ2n) is 8.16. The third-order valence-corrected chi connectivity index (χ3v) is 5.75. The summed E-state index contributed by atoms with van der Waals surface area (Å²) >= 11 is 0. The Morgan fingerprint density at radius 1 is 1.06 bits per heavy atom. The lowest BCUT2D eigenvalue weighted by atomic mass is 10.1. The quantitative estimate of drug-likeness (QED) is 0.309. The Bertz CT molecular complexity index is 1600. The van der Waals surface area contributed by atoms with Gasteiger partial charge in [-0.1, -0.05) is 6.07 Å². The van der Waals surface area contributed by atoms with Crippen LogP contribution in [-0.4, -0.2) is 30.7 Å². The van der Waals surface area contributed by atoms with Gasteiger partial charge in [0.25, 0.3) is 5.91 Å². The van der Waals surface area contributed by atoms with E-state index >= 15 is 0 Å². The minimum absolute atomic E-state index is 0.125. The molecule has 5 rings (SSSR count). The maximum absolute atomic E-state index is 14.9. The van der Waals surface area contributed by atoms with Crippen LogP contribution in [0.2, 0.25) is 0 Å². The lowest BCUT2D eigenvalue weighted by Gasteiger charge is -2.11. The number of anilines is 1. The van der Waals surface area contributed by atoms with E-state index in [2.05, 4.69) is 25.6 Å². The molecule has 5 aromatic rings. The second-order valence-corrected chi connectivity index (χ2v) is 8.16. The van der Waals surface area contributed by atoms with Crippen LogP contribution in [0.15, 0.2) is 60.9 Å². The first kappa shape index (κ1) is 23.2. The van der Waals surface area contributed by atoms with Gasteiger partial charge in [0.05, 0.1) is 28.7 Å². The van der Waals surface area contributed by atoms with Crippen molar-refractivity contribution in [2.75, 3.05) is 5.32 Å². The van der Waals surface area contributed by atoms with Crippen molar-refractivity contribution in [2.24, 2.45) is 0 Å². The molecule has 0 atom stereocenters. The fourth-order valence-corrected chi connectivity index (χ4v) is 4.06. The third-order valence-electron chi connectivity index (χ3n) is 5.75. The number of carbonyl (C=O) groups is 1. The zero-order valence-electron chi connectivity index (χ0n) is 19.0. The molecule has 1 amide bonds. The Hall–Kier alpha value is -4.54. The van der Waals surface area contributed by atoms with Crippen LogP contribution in [0.4, 0.5) is 23.2 Å². The highest BCUT2D eigenvalue weighted by molar-refractivity contribution is 6.04. The fourth-order valence-electron chi connectivity index (χ4n) is 4.06. The molecule has 0 fully saturated rings. The molecular weight excluding hydrogens is 476 g/mol. The molecule has 36 heavy (non-hydrogen) atoms. The standard InChI is InChI=1S/C25H18F4N6O/c1-13-22(14(2)34-33-13)19-12-31-35-21(8-9-30-23(19)35)18-11-17(6-7-20(18)26)32-24(36)15-4-3-5-16(10-15)25(27,28)29/h3-12H,1-2H3,(H,32,36)(H,33,34). The molecule has 2 N–H and O–H groups in total. The van der Waals surface area contributed by atoms with Crippen LogP contribution in [0.3, 0.4) is 0 Å². The lowest BCUT2D eigenvalue weighted by Crippen LogP contribution is -2.14. The Morgan fingerprint density at radius 3 is 2.58 bits per heavy atom. The van der Waals surface area contributed by atoms with Crippen molar-refractivity contribution in [1.29, 1.82) is 0 Å². The van der Waals surface area contributed by atoms with Gasteiger partial charge in [0, 0.05) is 34.3 Å². The summed E-state index contributed by atoms with van der Waals surface area (Å²) in [6, 6.07) is 9.53. The second kappa shape index (κ2) is 8.59. The number of rotatable bonds is 4. The minimum Gasteiger partial charge on any atom is -0.322 e. The van der Waals surface area contributed by atoms with Crippen molar-refractivity contribution < 1.29 is 22.4 Å². The highest BCUT2D eigenvalue weighted by atomic mass is 19.4. The number of alkyl halides is 3. The maximum atomic E-state index is 14.9. The van der Waals surface area contributed by atoms with Gasteiger partial charge in [-0.3, -0.25) is 9.89 Å². The van der Waals surface area contributed by atoms with Crippen molar-refractivity contribution in [3.8, 4) is 22.4 Å². The summed E-state index contributed by atoms with van der Waals surface area (Å²) in [4.78, 5) is 17.0. The highest BCUT2D eigenvalue weighted by Crippen LogP contribution is 2.33. The van der Waals surface area contributed by atoms with Gasteiger partial charge in [-0.15, -0.1) is 0 Å². The third kappa shape index (κ3) is 4.08. The number of aromatic nitrogens is 5. The number of nitrogens with one attached hydrogen (secondary N) is 2. The van der Waals surface area contributed by atoms with Crippen molar-refractivity contribution in [3.05, 3.63) is 89.3 Å². The van der Waals surface area contributed by atoms with Crippen LogP contribution >= 0.6 is 0 Å². The van der Waals surface area contributed by atoms with Gasteiger partial charge in [-0.25, -0.2) is 13.9 Å². The Balaban J connectivity index is 1.52. The number of amides is 1. The molecule has 0 bridgehead atoms. The molecule has 0 spiro atoms. The molecule has 0 aliphatic heterocycles. The monoisotopic (exact) mass is 494 g/mol. The normalized spacial score (nSPS) is 11.7. The topological polar surface area (TPSA) is 88.0 Å². The summed E-state index contributed by atoms with van der Waals surface area (Å²) in [5.41, 5.74) is 3.23. The Labute approximate surface area is 201 Å². The van der Waals surface area contributed by atoms with Crippen LogP contribution in [-0.2, 0) is 6.18 Å². The van der Waals surface area contributed by atoms with E-state index in [0.717, 1.165) is 46.8 Å². The number of hydrogen-bond donors (Lipinski definition) is 2. The van der Waals surface area contributed by atoms with E-state index in [9.17, 15) is 22.4 Å². The summed E-state index contributed by atoms with van der Waals surface area (Å²) in [5.74, 6) is -1.34. The predicted octanol–water partition coefficient (Wildman–Crippen LogP) is 5.81. The van der Waals surface area contributed by atoms with E-state index < -0.39 is 23.5 Å². The number of fused-ring (bicyclic) bond motifs is 1. The average molecular weight is 494 g/mol. The van der Waals surface area contributed by atoms with E-state index in [1.54, 1.807) is 12.3 Å². The Kier molecular flexibility index (Phi) is 5.54. The van der Waals surface area contributed by atoms with Crippen molar-refractivity contribution in [3.63, 3.8) is 0 Å². The summed E-state index contributed by atoms with van der Waals surface area (Å²) in [5, 5.41) is 14.1. The summed E-state index contributed by atoms with van der Waals surface area (Å²) in [6.07, 6.45) is -1.44. The molecule has 2 aromatic carbocycles. The van der Waals surface area contributed by atoms with E-state index in [1.165, 1.54) is 28.9 Å². The summed E-state index contributed by atoms with van der Waals surface area (Å²) < 4.78 is 55.5. The molecule has 0 aliphatic rings. The first-order chi connectivity index (χ1) is 17.1. The van der Waals surface area contributed by atoms with Gasteiger partial charge >= 0.3 is 6.18 Å². The number of hydrogen-bond acceptors (Lipinski definition) is 4. The molecule has 0 aliphatic carbocycles. The van der Waals surface area contributed by atoms with Crippen LogP contribution in [0.25, 0.3) is 28.0 Å². The molecule has 0 unspecified atom stereocenters. The average Bonchev–Trinajstić information content (AvgIpc) is 3.42. The van der Waals surface area contributed by atoms with E-state index in [1.807, 2.05) is 13.8 Å². The van der Waals surface area contributed by atoms with Gasteiger partial charge in [0.15, 0.2) is 5.65 Å². The SMILES string of the molecule is Cc1n[nH]c(C)c1-c1cnn2c(-c3cc(NC(=O)c4cccc(C(F)(F)F)c4)ccc3F)ccnc12. The Morgan fingerprint density at radius 2 is 1.86 bits per heavy atom. The summed E-state index contributed by atoms with van der Waals surface area (Å²) in [7, 11) is 0. The molecule has 182 valence electrons. The minimum atomic E-state index is -4.58. The van der Waals surface area contributed by atoms with Gasteiger partial charge < -0.3 is 5.32 Å². The molecule has 0 radical (unpaired) electrons. The van der Waals surface area contributed by atoms with E-state index in [0.29, 0.717) is 11.3 Å². The van der Waals surface area contributed by atoms with E-state index in [-0.39, 0.29) is 16.8 Å². The molecule has 7 nitrogen and oxygen atoms in total. The molecule has 0 saturated heterocycles. The number of carbonyl (C=O) groups excluding carboxylic acids is 1. The van der Waals surface area contributed by atoms with Crippen LogP contribution in [0.5, 0.6) is 0 Å². The number of aromatic amines is 1. The van der Waals surface area contributed by atoms with Crippen LogP contribution in [0.1, 0.15) is 27.3 Å². The van der Waals surface area contributed by atoms with Crippen molar-refractivity contribution >= 4 is 17.2 Å². The number of benzene rings is 2. The zero-order valence-corrected chi connectivity index (χ0v) is 19.0. The smallest absolute Gasteiger partial charge is 0.322 e. The van der Waals surface area contributed by atoms with Crippen molar-refractivity contribution in [1.82, 2.24) is 24.8 Å². The number of H-pyrrole nitrogens is 1. The summed E-state index contributed by atoms with van der Waals surface area (Å²) in [6.45, 7) is 3.72. The van der Waals surface area contributed by atoms with Gasteiger partial charge in [0.1, 0.15) is 5.82 Å². The first-order valence-corrected chi connectivity index (χ1v) is 10.8. The van der Waals surface area contributed by atoms with Crippen LogP contribution < -0.4 is 5.32 Å². The zero-order chi connectivity index (χ0) is 25.6. The molecule has 3 aromatic heterocycles. The molecule has 0 saturated carbocycles. The predicted molar refractivity (Wildman–Crippen MR) is 125 cm³/mol. The number of halogens is 4. The molecule has 11 heteroatoms. The van der Waals surface area contributed by atoms with Gasteiger partial charge in [-0.05, 0) is 56.3 Å². The fraction of sp³-hybridized carbons (Fsp3) is 0.120. The largest absolute Gasteiger partial charge is 0.416 e. The lowest BCUT2D eigenvalue weighted by molar-refractivity contribution is -0.137. The number of aryl methyl sites for hydroxylation is 2. The highest BCUT2D eigenvalue weighted by Gasteiger charge is 2.31. The van der Waals surface area contributed by atoms with Gasteiger partial charge in [0.2, 0.25) is 0 Å². The molecular formula is C25H18F4N6O. The molecule has 3 heterocycles. The van der Waals surface area contributed by atoms with E-state index in [4.69, 9.17) is 0 Å². The number of nitrogens with zero attached hydrogens (tertiary/aromatic N) is 4.